The van der Waals surface area contributed by atoms with Crippen LogP contribution in [0.2, 0.25) is 0 Å². The molecule has 2 aliphatic heterocycles. The maximum absolute atomic E-state index is 12.5. The van der Waals surface area contributed by atoms with E-state index in [2.05, 4.69) is 0 Å². The molecule has 1 amide bonds. The third kappa shape index (κ3) is 2.98. The number of amides is 1. The average Bonchev–Trinajstić information content (AvgIpc) is 3.09. The number of carbonyl (C=O) groups excluding carboxylic acids is 1. The zero-order valence-corrected chi connectivity index (χ0v) is 14.2. The van der Waals surface area contributed by atoms with Crippen molar-refractivity contribution < 1.29 is 23.1 Å². The molecule has 3 aliphatic rings. The van der Waals surface area contributed by atoms with E-state index in [1.54, 1.807) is 4.90 Å². The second kappa shape index (κ2) is 5.73. The highest BCUT2D eigenvalue weighted by Gasteiger charge is 2.59. The molecule has 0 aromatic heterocycles. The molecule has 7 nitrogen and oxygen atoms in total. The van der Waals surface area contributed by atoms with E-state index in [0.717, 1.165) is 19.1 Å². The molecule has 130 valence electrons. The topological polar surface area (TPSA) is 95.0 Å². The van der Waals surface area contributed by atoms with E-state index >= 15 is 0 Å². The Morgan fingerprint density at radius 1 is 1.17 bits per heavy atom. The maximum Gasteiger partial charge on any atom is 0.313 e. The summed E-state index contributed by atoms with van der Waals surface area (Å²) in [5, 5.41) is 9.68. The highest BCUT2D eigenvalue weighted by Crippen LogP contribution is 2.44. The van der Waals surface area contributed by atoms with E-state index in [9.17, 15) is 23.1 Å². The second-order valence-corrected chi connectivity index (χ2v) is 9.33. The number of carboxylic acids is 1. The number of likely N-dealkylation sites (tertiary alicyclic amines) is 1. The SMILES string of the molecule is CS(=O)(=O)N1C[C@@H]2CN(C(=O)CC3CCCC3)C[C@]2(C(=O)O)C1. The predicted molar refractivity (Wildman–Crippen MR) is 83.1 cm³/mol. The van der Waals surface area contributed by atoms with Crippen molar-refractivity contribution in [1.29, 1.82) is 0 Å². The summed E-state index contributed by atoms with van der Waals surface area (Å²) < 4.78 is 24.7. The zero-order chi connectivity index (χ0) is 16.8. The van der Waals surface area contributed by atoms with Crippen molar-refractivity contribution in [2.75, 3.05) is 32.4 Å². The molecule has 0 spiro atoms. The number of carboxylic acid groups (broad SMARTS) is 1. The van der Waals surface area contributed by atoms with Crippen molar-refractivity contribution in [3.63, 3.8) is 0 Å². The summed E-state index contributed by atoms with van der Waals surface area (Å²) in [4.78, 5) is 26.0. The number of fused-ring (bicyclic) bond motifs is 1. The van der Waals surface area contributed by atoms with Crippen LogP contribution in [0.1, 0.15) is 32.1 Å². The van der Waals surface area contributed by atoms with E-state index in [1.807, 2.05) is 0 Å². The molecule has 8 heteroatoms. The Bertz CT molecular complexity index is 613. The smallest absolute Gasteiger partial charge is 0.313 e. The number of aliphatic carboxylic acids is 1. The van der Waals surface area contributed by atoms with Gasteiger partial charge < -0.3 is 10.0 Å². The molecule has 2 heterocycles. The van der Waals surface area contributed by atoms with Gasteiger partial charge in [0.15, 0.2) is 0 Å². The Labute approximate surface area is 136 Å². The summed E-state index contributed by atoms with van der Waals surface area (Å²) in [6, 6.07) is 0. The molecule has 0 bridgehead atoms. The number of rotatable bonds is 4. The average molecular weight is 344 g/mol. The van der Waals surface area contributed by atoms with E-state index < -0.39 is 21.4 Å². The quantitative estimate of drug-likeness (QED) is 0.795. The van der Waals surface area contributed by atoms with Crippen LogP contribution in [0.25, 0.3) is 0 Å². The van der Waals surface area contributed by atoms with Crippen LogP contribution in [-0.4, -0.2) is 67.0 Å². The summed E-state index contributed by atoms with van der Waals surface area (Å²) >= 11 is 0. The van der Waals surface area contributed by atoms with E-state index in [0.29, 0.717) is 18.9 Å². The van der Waals surface area contributed by atoms with Crippen molar-refractivity contribution in [2.24, 2.45) is 17.3 Å². The normalized spacial score (nSPS) is 32.4. The van der Waals surface area contributed by atoms with Gasteiger partial charge >= 0.3 is 5.97 Å². The van der Waals surface area contributed by atoms with Crippen LogP contribution in [0, 0.1) is 17.3 Å². The number of hydrogen-bond donors (Lipinski definition) is 1. The van der Waals surface area contributed by atoms with Gasteiger partial charge in [0.05, 0.1) is 6.26 Å². The van der Waals surface area contributed by atoms with Gasteiger partial charge in [0.2, 0.25) is 15.9 Å². The Morgan fingerprint density at radius 2 is 1.83 bits per heavy atom. The summed E-state index contributed by atoms with van der Waals surface area (Å²) in [5.74, 6) is -0.860. The van der Waals surface area contributed by atoms with Gasteiger partial charge in [-0.25, -0.2) is 12.7 Å². The molecular weight excluding hydrogens is 320 g/mol. The van der Waals surface area contributed by atoms with Crippen LogP contribution >= 0.6 is 0 Å². The number of nitrogens with zero attached hydrogens (tertiary/aromatic N) is 2. The Morgan fingerprint density at radius 3 is 2.35 bits per heavy atom. The molecule has 23 heavy (non-hydrogen) atoms. The van der Waals surface area contributed by atoms with Gasteiger partial charge in [0, 0.05) is 38.5 Å². The van der Waals surface area contributed by atoms with Crippen molar-refractivity contribution in [3.05, 3.63) is 0 Å². The molecule has 0 aromatic carbocycles. The van der Waals surface area contributed by atoms with Gasteiger partial charge in [-0.05, 0) is 18.8 Å². The fourth-order valence-electron chi connectivity index (χ4n) is 4.35. The first-order chi connectivity index (χ1) is 10.7. The summed E-state index contributed by atoms with van der Waals surface area (Å²) in [7, 11) is -3.41. The lowest BCUT2D eigenvalue weighted by atomic mass is 9.81. The van der Waals surface area contributed by atoms with Crippen LogP contribution in [0.15, 0.2) is 0 Å². The van der Waals surface area contributed by atoms with Crippen molar-refractivity contribution in [2.45, 2.75) is 32.1 Å². The second-order valence-electron chi connectivity index (χ2n) is 7.34. The predicted octanol–water partition coefficient (Wildman–Crippen LogP) is 0.371. The molecule has 0 radical (unpaired) electrons. The third-order valence-electron chi connectivity index (χ3n) is 5.76. The molecule has 3 rings (SSSR count). The highest BCUT2D eigenvalue weighted by atomic mass is 32.2. The van der Waals surface area contributed by atoms with Crippen LogP contribution in [0.5, 0.6) is 0 Å². The van der Waals surface area contributed by atoms with Crippen molar-refractivity contribution in [3.8, 4) is 0 Å². The van der Waals surface area contributed by atoms with Crippen LogP contribution in [0.3, 0.4) is 0 Å². The Hall–Kier alpha value is -1.15. The molecule has 1 saturated carbocycles. The molecule has 3 fully saturated rings. The third-order valence-corrected chi connectivity index (χ3v) is 6.98. The van der Waals surface area contributed by atoms with Crippen LogP contribution in [0.4, 0.5) is 0 Å². The number of carbonyl (C=O) groups is 2. The monoisotopic (exact) mass is 344 g/mol. The van der Waals surface area contributed by atoms with E-state index in [4.69, 9.17) is 0 Å². The Kier molecular flexibility index (Phi) is 4.16. The minimum absolute atomic E-state index is 0.0258. The van der Waals surface area contributed by atoms with Gasteiger partial charge in [0.1, 0.15) is 5.41 Å². The van der Waals surface area contributed by atoms with Crippen molar-refractivity contribution >= 4 is 21.9 Å². The van der Waals surface area contributed by atoms with Gasteiger partial charge in [-0.15, -0.1) is 0 Å². The van der Waals surface area contributed by atoms with Crippen LogP contribution in [-0.2, 0) is 19.6 Å². The summed E-state index contributed by atoms with van der Waals surface area (Å²) in [6.07, 6.45) is 6.10. The number of hydrogen-bond acceptors (Lipinski definition) is 4. The molecule has 2 atom stereocenters. The van der Waals surface area contributed by atoms with Crippen molar-refractivity contribution in [1.82, 2.24) is 9.21 Å². The fraction of sp³-hybridized carbons (Fsp3) is 0.867. The molecule has 0 unspecified atom stereocenters. The maximum atomic E-state index is 12.5. The Balaban J connectivity index is 1.71. The molecule has 1 aliphatic carbocycles. The van der Waals surface area contributed by atoms with Gasteiger partial charge in [0.25, 0.3) is 0 Å². The van der Waals surface area contributed by atoms with Crippen LogP contribution < -0.4 is 0 Å². The highest BCUT2D eigenvalue weighted by molar-refractivity contribution is 7.88. The van der Waals surface area contributed by atoms with E-state index in [1.165, 1.54) is 17.1 Å². The van der Waals surface area contributed by atoms with Gasteiger partial charge in [-0.1, -0.05) is 12.8 Å². The molecule has 0 aromatic rings. The molecule has 2 saturated heterocycles. The standard InChI is InChI=1S/C15H24N2O5S/c1-23(21,22)17-8-12-7-16(9-15(12,10-17)14(19)20)13(18)6-11-4-2-3-5-11/h11-12H,2-10H2,1H3,(H,19,20)/t12-,15-/m0/s1. The first kappa shape index (κ1) is 16.7. The minimum Gasteiger partial charge on any atom is -0.481 e. The first-order valence-electron chi connectivity index (χ1n) is 8.19. The number of sulfonamides is 1. The fourth-order valence-corrected chi connectivity index (χ4v) is 5.27. The lowest BCUT2D eigenvalue weighted by Crippen LogP contribution is -2.43. The lowest BCUT2D eigenvalue weighted by molar-refractivity contribution is -0.149. The first-order valence-corrected chi connectivity index (χ1v) is 10.0. The van der Waals surface area contributed by atoms with Gasteiger partial charge in [-0.2, -0.15) is 0 Å². The summed E-state index contributed by atoms with van der Waals surface area (Å²) in [5.41, 5.74) is -1.14. The van der Waals surface area contributed by atoms with Gasteiger partial charge in [-0.3, -0.25) is 9.59 Å². The lowest BCUT2D eigenvalue weighted by Gasteiger charge is -2.25. The summed E-state index contributed by atoms with van der Waals surface area (Å²) in [6.45, 7) is 0.645. The zero-order valence-electron chi connectivity index (χ0n) is 13.4. The molecular formula is C15H24N2O5S. The minimum atomic E-state index is -3.41. The van der Waals surface area contributed by atoms with E-state index in [-0.39, 0.29) is 31.5 Å². The molecule has 1 N–H and O–H groups in total. The largest absolute Gasteiger partial charge is 0.481 e.